The van der Waals surface area contributed by atoms with E-state index in [4.69, 9.17) is 14.2 Å². The molecule has 0 aromatic heterocycles. The topological polar surface area (TPSA) is 48.0 Å². The van der Waals surface area contributed by atoms with Gasteiger partial charge in [-0.05, 0) is 47.9 Å². The predicted octanol–water partition coefficient (Wildman–Crippen LogP) is 6.77. The summed E-state index contributed by atoms with van der Waals surface area (Å²) < 4.78 is 16.6. The fraction of sp³-hybridized carbons (Fsp3) is 0.483. The zero-order valence-corrected chi connectivity index (χ0v) is 20.9. The molecule has 0 saturated heterocycles. The van der Waals surface area contributed by atoms with Crippen molar-refractivity contribution < 1.29 is 19.0 Å². The summed E-state index contributed by atoms with van der Waals surface area (Å²) in [5.41, 5.74) is 4.87. The average molecular weight is 466 g/mol. The number of allylic oxidation sites excluding steroid dienone is 2. The molecule has 5 nitrogen and oxygen atoms in total. The number of amides is 1. The van der Waals surface area contributed by atoms with Gasteiger partial charge in [0.05, 0.1) is 6.54 Å². The molecule has 34 heavy (non-hydrogen) atoms. The molecule has 5 heteroatoms. The third-order valence-electron chi connectivity index (χ3n) is 6.43. The summed E-state index contributed by atoms with van der Waals surface area (Å²) in [7, 11) is 3.17. The molecule has 1 amide bonds. The molecule has 0 aliphatic heterocycles. The minimum atomic E-state index is -0.481. The van der Waals surface area contributed by atoms with E-state index in [1.165, 1.54) is 41.5 Å². The van der Waals surface area contributed by atoms with Crippen molar-refractivity contribution in [2.24, 2.45) is 0 Å². The quantitative estimate of drug-likeness (QED) is 0.175. The number of hydrogen-bond acceptors (Lipinski definition) is 4. The summed E-state index contributed by atoms with van der Waals surface area (Å²) in [6.07, 6.45) is 10.3. The van der Waals surface area contributed by atoms with Crippen molar-refractivity contribution in [3.05, 3.63) is 71.8 Å². The Morgan fingerprint density at radius 2 is 1.50 bits per heavy atom. The van der Waals surface area contributed by atoms with Crippen molar-refractivity contribution >= 4 is 6.09 Å². The van der Waals surface area contributed by atoms with E-state index in [0.717, 1.165) is 19.3 Å². The van der Waals surface area contributed by atoms with E-state index in [0.29, 0.717) is 19.7 Å². The molecule has 0 fully saturated rings. The van der Waals surface area contributed by atoms with Gasteiger partial charge in [-0.3, -0.25) is 0 Å². The number of carbonyl (C=O) groups is 1. The van der Waals surface area contributed by atoms with Gasteiger partial charge in [0, 0.05) is 26.7 Å². The highest BCUT2D eigenvalue weighted by atomic mass is 16.7. The summed E-state index contributed by atoms with van der Waals surface area (Å²) >= 11 is 0. The first kappa shape index (κ1) is 26.0. The zero-order chi connectivity index (χ0) is 24.2. The van der Waals surface area contributed by atoms with Crippen molar-refractivity contribution in [1.82, 2.24) is 4.90 Å². The molecular formula is C29H39NO4. The van der Waals surface area contributed by atoms with Crippen LogP contribution >= 0.6 is 0 Å². The van der Waals surface area contributed by atoms with E-state index >= 15 is 0 Å². The number of methoxy groups -OCH3 is 2. The summed E-state index contributed by atoms with van der Waals surface area (Å²) in [6.45, 7) is 3.46. The van der Waals surface area contributed by atoms with Crippen LogP contribution in [-0.2, 0) is 14.2 Å². The molecule has 2 aromatic carbocycles. The molecule has 0 heterocycles. The maximum Gasteiger partial charge on any atom is 0.409 e. The Bertz CT molecular complexity index is 876. The highest BCUT2D eigenvalue weighted by molar-refractivity contribution is 5.79. The normalized spacial score (nSPS) is 12.8. The Morgan fingerprint density at radius 1 is 0.912 bits per heavy atom. The van der Waals surface area contributed by atoms with Crippen molar-refractivity contribution in [3.63, 3.8) is 0 Å². The lowest BCUT2D eigenvalue weighted by Crippen LogP contribution is -2.40. The Morgan fingerprint density at radius 3 is 2.09 bits per heavy atom. The SMILES string of the molecule is CCCCCC=CCCCN(CC(OC)OC)C(=O)OCC1c2ccccc2-c2ccccc21. The molecule has 0 unspecified atom stereocenters. The van der Waals surface area contributed by atoms with Crippen LogP contribution in [0.5, 0.6) is 0 Å². The number of carbonyl (C=O) groups excluding carboxylic acids is 1. The van der Waals surface area contributed by atoms with Crippen LogP contribution in [0.15, 0.2) is 60.7 Å². The zero-order valence-electron chi connectivity index (χ0n) is 20.9. The van der Waals surface area contributed by atoms with Gasteiger partial charge >= 0.3 is 6.09 Å². The molecule has 0 N–H and O–H groups in total. The number of unbranched alkanes of at least 4 members (excludes halogenated alkanes) is 4. The minimum Gasteiger partial charge on any atom is -0.448 e. The highest BCUT2D eigenvalue weighted by Crippen LogP contribution is 2.44. The average Bonchev–Trinajstić information content (AvgIpc) is 3.19. The van der Waals surface area contributed by atoms with Gasteiger partial charge < -0.3 is 19.1 Å². The minimum absolute atomic E-state index is 0.0462. The lowest BCUT2D eigenvalue weighted by atomic mass is 9.98. The largest absolute Gasteiger partial charge is 0.448 e. The van der Waals surface area contributed by atoms with Gasteiger partial charge in [-0.15, -0.1) is 0 Å². The molecule has 0 saturated carbocycles. The summed E-state index contributed by atoms with van der Waals surface area (Å²) in [5.74, 6) is 0.0462. The van der Waals surface area contributed by atoms with Crippen LogP contribution in [0.3, 0.4) is 0 Å². The first-order chi connectivity index (χ1) is 16.7. The van der Waals surface area contributed by atoms with E-state index in [9.17, 15) is 4.79 Å². The van der Waals surface area contributed by atoms with E-state index in [1.807, 2.05) is 12.1 Å². The van der Waals surface area contributed by atoms with Crippen LogP contribution in [0.1, 0.15) is 62.5 Å². The molecular weight excluding hydrogens is 426 g/mol. The standard InChI is InChI=1S/C29H39NO4/c1-4-5-6-7-8-9-10-15-20-30(21-28(32-2)33-3)29(31)34-22-27-25-18-13-11-16-23(25)24-17-12-14-19-26(24)27/h8-9,11-14,16-19,27-28H,4-7,10,15,20-22H2,1-3H3. The van der Waals surface area contributed by atoms with Gasteiger partial charge in [0.25, 0.3) is 0 Å². The van der Waals surface area contributed by atoms with Crippen LogP contribution in [0.2, 0.25) is 0 Å². The molecule has 3 rings (SSSR count). The second-order valence-electron chi connectivity index (χ2n) is 8.76. The van der Waals surface area contributed by atoms with E-state index in [2.05, 4.69) is 55.5 Å². The maximum absolute atomic E-state index is 13.1. The molecule has 2 aromatic rings. The van der Waals surface area contributed by atoms with Crippen LogP contribution in [0.4, 0.5) is 4.79 Å². The second-order valence-corrected chi connectivity index (χ2v) is 8.76. The summed E-state index contributed by atoms with van der Waals surface area (Å²) in [5, 5.41) is 0. The fourth-order valence-electron chi connectivity index (χ4n) is 4.52. The Kier molecular flexibility index (Phi) is 10.6. The third-order valence-corrected chi connectivity index (χ3v) is 6.43. The number of hydrogen-bond donors (Lipinski definition) is 0. The molecule has 1 aliphatic rings. The van der Waals surface area contributed by atoms with Crippen molar-refractivity contribution in [2.75, 3.05) is 33.9 Å². The van der Waals surface area contributed by atoms with Crippen LogP contribution in [0, 0.1) is 0 Å². The number of fused-ring (bicyclic) bond motifs is 3. The molecule has 0 bridgehead atoms. The lowest BCUT2D eigenvalue weighted by molar-refractivity contribution is -0.113. The second kappa shape index (κ2) is 13.9. The fourth-order valence-corrected chi connectivity index (χ4v) is 4.52. The monoisotopic (exact) mass is 465 g/mol. The first-order valence-corrected chi connectivity index (χ1v) is 12.5. The number of benzene rings is 2. The van der Waals surface area contributed by atoms with Gasteiger partial charge in [0.15, 0.2) is 6.29 Å². The van der Waals surface area contributed by atoms with E-state index in [1.54, 1.807) is 19.1 Å². The smallest absolute Gasteiger partial charge is 0.409 e. The van der Waals surface area contributed by atoms with Crippen LogP contribution in [-0.4, -0.2) is 51.2 Å². The van der Waals surface area contributed by atoms with E-state index in [-0.39, 0.29) is 12.0 Å². The third kappa shape index (κ3) is 6.94. The number of rotatable bonds is 14. The van der Waals surface area contributed by atoms with Gasteiger partial charge in [-0.2, -0.15) is 0 Å². The molecule has 0 radical (unpaired) electrons. The number of ether oxygens (including phenoxy) is 3. The summed E-state index contributed by atoms with van der Waals surface area (Å²) in [4.78, 5) is 14.8. The maximum atomic E-state index is 13.1. The Labute approximate surface area is 204 Å². The van der Waals surface area contributed by atoms with Gasteiger partial charge in [-0.1, -0.05) is 80.4 Å². The lowest BCUT2D eigenvalue weighted by Gasteiger charge is -2.26. The van der Waals surface area contributed by atoms with Gasteiger partial charge in [-0.25, -0.2) is 4.79 Å². The molecule has 184 valence electrons. The van der Waals surface area contributed by atoms with Crippen LogP contribution in [0.25, 0.3) is 11.1 Å². The van der Waals surface area contributed by atoms with Crippen molar-refractivity contribution in [2.45, 2.75) is 57.7 Å². The summed E-state index contributed by atoms with van der Waals surface area (Å²) in [6, 6.07) is 16.7. The molecule has 0 atom stereocenters. The highest BCUT2D eigenvalue weighted by Gasteiger charge is 2.30. The van der Waals surface area contributed by atoms with Crippen molar-refractivity contribution in [3.8, 4) is 11.1 Å². The number of nitrogens with zero attached hydrogens (tertiary/aromatic N) is 1. The van der Waals surface area contributed by atoms with Gasteiger partial charge in [0.2, 0.25) is 0 Å². The predicted molar refractivity (Wildman–Crippen MR) is 137 cm³/mol. The molecule has 0 spiro atoms. The van der Waals surface area contributed by atoms with Crippen molar-refractivity contribution in [1.29, 1.82) is 0 Å². The van der Waals surface area contributed by atoms with E-state index < -0.39 is 6.29 Å². The molecule has 1 aliphatic carbocycles. The Hall–Kier alpha value is -2.63. The first-order valence-electron chi connectivity index (χ1n) is 12.5. The van der Waals surface area contributed by atoms with Crippen LogP contribution < -0.4 is 0 Å². The van der Waals surface area contributed by atoms with Gasteiger partial charge in [0.1, 0.15) is 6.61 Å². The Balaban J connectivity index is 1.59.